The van der Waals surface area contributed by atoms with Crippen molar-refractivity contribution in [1.82, 2.24) is 46.6 Å². The van der Waals surface area contributed by atoms with E-state index < -0.39 is 0 Å². The molecule has 0 aliphatic carbocycles. The predicted molar refractivity (Wildman–Crippen MR) is 515 cm³/mol. The maximum absolute atomic E-state index is 5.77. The van der Waals surface area contributed by atoms with Crippen molar-refractivity contribution in [2.24, 2.45) is 71.0 Å². The lowest BCUT2D eigenvalue weighted by molar-refractivity contribution is -0.0170. The van der Waals surface area contributed by atoms with E-state index in [1.54, 1.807) is 0 Å². The van der Waals surface area contributed by atoms with Crippen LogP contribution in [0.25, 0.3) is 0 Å². The maximum atomic E-state index is 5.77. The van der Waals surface area contributed by atoms with Crippen LogP contribution in [0.1, 0.15) is 291 Å². The molecule has 0 spiro atoms. The van der Waals surface area contributed by atoms with Gasteiger partial charge >= 0.3 is 0 Å². The molecule has 20 heteroatoms. The van der Waals surface area contributed by atoms with Crippen LogP contribution >= 0.6 is 94.8 Å². The summed E-state index contributed by atoms with van der Waals surface area (Å²) in [7, 11) is 17.6. The van der Waals surface area contributed by atoms with Gasteiger partial charge in [-0.15, -0.1) is 47.0 Å². The van der Waals surface area contributed by atoms with Crippen molar-refractivity contribution in [3.05, 3.63) is 0 Å². The molecule has 10 aliphatic heterocycles. The van der Waals surface area contributed by atoms with Crippen LogP contribution in [-0.2, 0) is 9.47 Å². The summed E-state index contributed by atoms with van der Waals surface area (Å²) in [6.07, 6.45) is 1.40. The molecule has 10 aliphatic rings. The van der Waals surface area contributed by atoms with E-state index >= 15 is 0 Å². The molecule has 0 aromatic heterocycles. The number of hydrogen-bond donors (Lipinski definition) is 0. The van der Waals surface area contributed by atoms with Gasteiger partial charge in [0.15, 0.2) is 0 Å². The third kappa shape index (κ3) is 32.2. The molecule has 10 rings (SSSR count). The molecule has 0 saturated carbocycles. The van der Waals surface area contributed by atoms with Crippen LogP contribution in [0.15, 0.2) is 0 Å². The van der Waals surface area contributed by atoms with Crippen molar-refractivity contribution in [3.8, 4) is 0 Å². The van der Waals surface area contributed by atoms with Gasteiger partial charge < -0.3 is 9.47 Å². The van der Waals surface area contributed by atoms with Crippen LogP contribution in [0.5, 0.6) is 0 Å². The first-order valence-electron chi connectivity index (χ1n) is 44.3. The van der Waals surface area contributed by atoms with Gasteiger partial charge in [-0.25, -0.2) is 8.61 Å². The second kappa shape index (κ2) is 51.4. The fraction of sp³-hybridized carbons (Fsp3) is 1.00. The molecule has 0 bridgehead atoms. The lowest BCUT2D eigenvalue weighted by Gasteiger charge is -2.29. The lowest BCUT2D eigenvalue weighted by atomic mass is 9.87. The molecule has 30 unspecified atom stereocenters. The van der Waals surface area contributed by atoms with E-state index in [0.717, 1.165) is 155 Å². The molecular formula is C90H190N10O2S8. The zero-order valence-electron chi connectivity index (χ0n) is 81.6. The fourth-order valence-corrected chi connectivity index (χ4v) is 30.4. The molecule has 10 saturated heterocycles. The van der Waals surface area contributed by atoms with Gasteiger partial charge in [0, 0.05) is 115 Å². The predicted octanol–water partition coefficient (Wildman–Crippen LogP) is 23.9. The average molecular weight is 1700 g/mol. The molecule has 0 aromatic rings. The quantitative estimate of drug-likeness (QED) is 0.195. The third-order valence-electron chi connectivity index (χ3n) is 26.9. The van der Waals surface area contributed by atoms with E-state index in [0.29, 0.717) is 70.6 Å². The molecule has 0 aromatic carbocycles. The van der Waals surface area contributed by atoms with Crippen molar-refractivity contribution in [1.29, 1.82) is 0 Å². The second-order valence-electron chi connectivity index (χ2n) is 38.7. The first kappa shape index (κ1) is 110. The Labute approximate surface area is 724 Å². The smallest absolute Gasteiger partial charge is 0.113 e. The second-order valence-corrected chi connectivity index (χ2v) is 50.9. The number of thioether (sulfide) groups is 4. The van der Waals surface area contributed by atoms with Gasteiger partial charge in [-0.2, -0.15) is 0 Å². The Morgan fingerprint density at radius 1 is 0.273 bits per heavy atom. The minimum absolute atomic E-state index is 0.289. The molecule has 0 amide bonds. The summed E-state index contributed by atoms with van der Waals surface area (Å²) in [6.45, 7) is 96.4. The monoisotopic (exact) mass is 1700 g/mol. The molecule has 10 heterocycles. The Morgan fingerprint density at radius 3 is 0.927 bits per heavy atom. The number of nitrogens with zero attached hydrogens (tertiary/aromatic N) is 10. The van der Waals surface area contributed by atoms with Crippen LogP contribution in [0.3, 0.4) is 0 Å². The standard InChI is InChI=1S/2C9H19NO.8C9H19NS/c1-6(2)9-7(3)10(5)8(4)11-9;1-6(2)9-10(5)7(3)8(4)11-9;1-6(2)9-7(3)11-8(4)10(9)5;1-6(2)9-7(3)10(5)8(4)11-9;1-6(2)9-7(3)10(5)11-8(9)4;1-6(2)9-10(5)7(3)8(4)11-9;1-6(2)9-7(3)8(4)11-10(9)5;1-6(2)9-7(3)8(4)10(5)11-9;1-6(2)10-7(3)8(4)11-9(10)5;1-6(2)10-8(4)7(3)9(5)11-10/h10*6-9H,1-5H3. The van der Waals surface area contributed by atoms with E-state index in [-0.39, 0.29) is 6.23 Å². The summed E-state index contributed by atoms with van der Waals surface area (Å²) in [5, 5.41) is 9.31. The highest BCUT2D eigenvalue weighted by molar-refractivity contribution is 8.01. The maximum Gasteiger partial charge on any atom is 0.113 e. The molecule has 0 radical (unpaired) electrons. The first-order chi connectivity index (χ1) is 50.4. The third-order valence-corrected chi connectivity index (χ3v) is 40.0. The van der Waals surface area contributed by atoms with Crippen molar-refractivity contribution in [2.45, 2.75) is 451 Å². The van der Waals surface area contributed by atoms with Crippen molar-refractivity contribution in [2.75, 3.05) is 56.4 Å². The molecule has 110 heavy (non-hydrogen) atoms. The lowest BCUT2D eigenvalue weighted by Crippen LogP contribution is -2.40. The Bertz CT molecular complexity index is 2050. The van der Waals surface area contributed by atoms with Gasteiger partial charge in [0.1, 0.15) is 12.5 Å². The van der Waals surface area contributed by atoms with Crippen LogP contribution < -0.4 is 0 Å². The number of hydrogen-bond acceptors (Lipinski definition) is 20. The molecule has 12 nitrogen and oxygen atoms in total. The number of ether oxygens (including phenoxy) is 2. The highest BCUT2D eigenvalue weighted by Crippen LogP contribution is 2.45. The van der Waals surface area contributed by atoms with Gasteiger partial charge in [-0.05, 0) is 245 Å². The van der Waals surface area contributed by atoms with Crippen LogP contribution in [0.4, 0.5) is 0 Å². The van der Waals surface area contributed by atoms with E-state index in [4.69, 9.17) is 9.47 Å². The molecule has 0 N–H and O–H groups in total. The van der Waals surface area contributed by atoms with E-state index in [1.807, 2.05) is 47.8 Å². The van der Waals surface area contributed by atoms with Crippen LogP contribution in [0, 0.1) is 71.0 Å². The summed E-state index contributed by atoms with van der Waals surface area (Å²) in [5.41, 5.74) is 0. The summed E-state index contributed by atoms with van der Waals surface area (Å²) < 4.78 is 21.3. The summed E-state index contributed by atoms with van der Waals surface area (Å²) >= 11 is 16.5. The van der Waals surface area contributed by atoms with Crippen molar-refractivity contribution in [3.63, 3.8) is 0 Å². The number of likely N-dealkylation sites (N-methyl/N-ethyl adjacent to an activating group) is 2. The summed E-state index contributed by atoms with van der Waals surface area (Å²) in [5.74, 6) is 9.37. The highest BCUT2D eigenvalue weighted by atomic mass is 32.2. The summed E-state index contributed by atoms with van der Waals surface area (Å²) in [6, 6.07) is 8.51. The minimum atomic E-state index is 0.289. The zero-order chi connectivity index (χ0) is 85.9. The minimum Gasteiger partial charge on any atom is -0.358 e. The Hall–Kier alpha value is 2.32. The molecule has 10 fully saturated rings. The molecule has 660 valence electrons. The Kier molecular flexibility index (Phi) is 51.6. The van der Waals surface area contributed by atoms with Gasteiger partial charge in [-0.1, -0.05) is 221 Å². The zero-order valence-corrected chi connectivity index (χ0v) is 88.2. The van der Waals surface area contributed by atoms with E-state index in [2.05, 4.69) is 441 Å². The van der Waals surface area contributed by atoms with Crippen LogP contribution in [0.2, 0.25) is 0 Å². The fourth-order valence-electron chi connectivity index (χ4n) is 18.2. The molecular weight excluding hydrogens is 1510 g/mol. The Morgan fingerprint density at radius 2 is 0.745 bits per heavy atom. The van der Waals surface area contributed by atoms with Gasteiger partial charge in [-0.3, -0.25) is 38.0 Å². The van der Waals surface area contributed by atoms with Crippen molar-refractivity contribution < 1.29 is 9.47 Å². The number of rotatable bonds is 10. The molecule has 30 atom stereocenters. The van der Waals surface area contributed by atoms with E-state index in [1.165, 1.54) is 0 Å². The first-order valence-corrected chi connectivity index (χ1v) is 51.4. The summed E-state index contributed by atoms with van der Waals surface area (Å²) in [4.78, 5) is 14.7. The topological polar surface area (TPSA) is 50.9 Å². The van der Waals surface area contributed by atoms with Gasteiger partial charge in [0.25, 0.3) is 0 Å². The Balaban J connectivity index is 0.000000611. The highest BCUT2D eigenvalue weighted by Gasteiger charge is 2.44. The van der Waals surface area contributed by atoms with Crippen molar-refractivity contribution >= 4 is 94.8 Å². The normalized spacial score (nSPS) is 40.4. The van der Waals surface area contributed by atoms with E-state index in [9.17, 15) is 0 Å². The van der Waals surface area contributed by atoms with Gasteiger partial charge in [0.05, 0.1) is 33.7 Å². The SMILES string of the molecule is CC(C)C1C(C)C(C)SN1C.CC(C)C1C(C)SC(C)N1C.CC(C)C1C(C)SN(C)C1C.CC(C)C1OC(C)C(C)N1C.CC(C)C1OC(C)N(C)C1C.CC(C)C1SC(C)C(C)N1C.CC(C)C1SC(C)N(C)C1C.CC(C)C1SN(C)C(C)C1C.CC1SC(C)N(C(C)C)C1C.CC1SN(C(C)C)C(C)C1C. The average Bonchev–Trinajstić information content (AvgIpc) is 1.75. The largest absolute Gasteiger partial charge is 0.358 e. The van der Waals surface area contributed by atoms with Gasteiger partial charge in [0.2, 0.25) is 0 Å². The van der Waals surface area contributed by atoms with Crippen LogP contribution in [-0.4, -0.2) is 264 Å².